The minimum atomic E-state index is -1.27. The second-order valence-corrected chi connectivity index (χ2v) is 6.31. The normalized spacial score (nSPS) is 13.4. The molecule has 0 saturated carbocycles. The molecule has 0 saturated heterocycles. The minimum Gasteiger partial charge on any atom is -0.486 e. The number of imide groups is 1. The van der Waals surface area contributed by atoms with Crippen LogP contribution in [-0.2, 0) is 14.3 Å². The van der Waals surface area contributed by atoms with Gasteiger partial charge in [-0.05, 0) is 30.7 Å². The molecular weight excluding hydrogens is 388 g/mol. The van der Waals surface area contributed by atoms with E-state index in [1.165, 1.54) is 6.08 Å². The number of nitrogens with one attached hydrogen (secondary N) is 2. The molecule has 1 heterocycles. The summed E-state index contributed by atoms with van der Waals surface area (Å²) in [6, 6.07) is 13.1. The lowest BCUT2D eigenvalue weighted by molar-refractivity contribution is -0.151. The smallest absolute Gasteiger partial charge is 0.331 e. The van der Waals surface area contributed by atoms with E-state index in [4.69, 9.17) is 14.2 Å². The highest BCUT2D eigenvalue weighted by Crippen LogP contribution is 2.31. The molecule has 2 aromatic rings. The summed E-state index contributed by atoms with van der Waals surface area (Å²) in [6.07, 6.45) is 1.48. The quantitative estimate of drug-likeness (QED) is 0.561. The number of carbonyl (C=O) groups is 3. The van der Waals surface area contributed by atoms with Crippen LogP contribution in [0.5, 0.6) is 11.5 Å². The third-order valence-corrected chi connectivity index (χ3v) is 4.13. The summed E-state index contributed by atoms with van der Waals surface area (Å²) in [5.74, 6) is -0.231. The first-order valence-corrected chi connectivity index (χ1v) is 9.49. The van der Waals surface area contributed by atoms with Gasteiger partial charge in [-0.25, -0.2) is 9.59 Å². The van der Waals surface area contributed by atoms with Gasteiger partial charge in [0.15, 0.2) is 11.5 Å². The molecule has 1 atom stereocenters. The first kappa shape index (κ1) is 20.9. The van der Waals surface area contributed by atoms with Crippen molar-refractivity contribution in [1.29, 1.82) is 0 Å². The number of rotatable bonds is 6. The number of hydrogen-bond donors (Lipinski definition) is 2. The molecule has 2 aromatic carbocycles. The Morgan fingerprint density at radius 3 is 2.53 bits per heavy atom. The Bertz CT molecular complexity index is 942. The van der Waals surface area contributed by atoms with Gasteiger partial charge in [-0.3, -0.25) is 10.1 Å². The van der Waals surface area contributed by atoms with E-state index in [2.05, 4.69) is 10.6 Å². The molecule has 1 aliphatic heterocycles. The van der Waals surface area contributed by atoms with E-state index in [0.29, 0.717) is 42.4 Å². The lowest BCUT2D eigenvalue weighted by atomic mass is 10.1. The van der Waals surface area contributed by atoms with Crippen molar-refractivity contribution < 1.29 is 28.6 Å². The summed E-state index contributed by atoms with van der Waals surface area (Å²) in [5, 5.41) is 4.63. The topological polar surface area (TPSA) is 103 Å². The fourth-order valence-electron chi connectivity index (χ4n) is 2.77. The highest BCUT2D eigenvalue weighted by Gasteiger charge is 2.25. The molecule has 1 aliphatic rings. The van der Waals surface area contributed by atoms with E-state index in [1.54, 1.807) is 61.5 Å². The Hall–Kier alpha value is -3.81. The van der Waals surface area contributed by atoms with Crippen LogP contribution in [0.2, 0.25) is 0 Å². The largest absolute Gasteiger partial charge is 0.486 e. The lowest BCUT2D eigenvalue weighted by Crippen LogP contribution is -2.42. The summed E-state index contributed by atoms with van der Waals surface area (Å²) in [4.78, 5) is 36.5. The van der Waals surface area contributed by atoms with Gasteiger partial charge < -0.3 is 19.5 Å². The second kappa shape index (κ2) is 10.1. The highest BCUT2D eigenvalue weighted by molar-refractivity contribution is 5.98. The number of ether oxygens (including phenoxy) is 3. The molecule has 0 bridgehead atoms. The van der Waals surface area contributed by atoms with Crippen LogP contribution < -0.4 is 20.1 Å². The van der Waals surface area contributed by atoms with Gasteiger partial charge in [-0.2, -0.15) is 0 Å². The molecule has 3 rings (SSSR count). The van der Waals surface area contributed by atoms with Crippen LogP contribution in [0.4, 0.5) is 4.79 Å². The second-order valence-electron chi connectivity index (χ2n) is 6.31. The van der Waals surface area contributed by atoms with Gasteiger partial charge >= 0.3 is 12.0 Å². The van der Waals surface area contributed by atoms with Crippen molar-refractivity contribution in [2.45, 2.75) is 13.0 Å². The van der Waals surface area contributed by atoms with Crippen LogP contribution in [0, 0.1) is 0 Å². The molecule has 2 N–H and O–H groups in total. The molecule has 3 amide bonds. The maximum atomic E-state index is 12.5. The predicted molar refractivity (Wildman–Crippen MR) is 109 cm³/mol. The molecule has 0 radical (unpaired) electrons. The number of fused-ring (bicyclic) bond motifs is 1. The highest BCUT2D eigenvalue weighted by atomic mass is 16.6. The fraction of sp³-hybridized carbons (Fsp3) is 0.227. The van der Waals surface area contributed by atoms with Gasteiger partial charge in [0, 0.05) is 18.2 Å². The number of benzene rings is 2. The Balaban J connectivity index is 1.70. The fourth-order valence-corrected chi connectivity index (χ4v) is 2.77. The van der Waals surface area contributed by atoms with Gasteiger partial charge in [0.05, 0.1) is 0 Å². The average molecular weight is 410 g/mol. The molecule has 0 aromatic heterocycles. The zero-order valence-corrected chi connectivity index (χ0v) is 16.4. The Kier molecular flexibility index (Phi) is 7.05. The maximum absolute atomic E-state index is 12.5. The van der Waals surface area contributed by atoms with Crippen molar-refractivity contribution >= 4 is 24.0 Å². The number of hydrogen-bond acceptors (Lipinski definition) is 6. The van der Waals surface area contributed by atoms with Gasteiger partial charge in [-0.1, -0.05) is 36.4 Å². The Labute approximate surface area is 173 Å². The molecule has 0 fully saturated rings. The molecule has 8 nitrogen and oxygen atoms in total. The van der Waals surface area contributed by atoms with Crippen molar-refractivity contribution in [2.24, 2.45) is 0 Å². The van der Waals surface area contributed by atoms with Crippen molar-refractivity contribution in [1.82, 2.24) is 10.6 Å². The predicted octanol–water partition coefficient (Wildman–Crippen LogP) is 2.60. The average Bonchev–Trinajstić information content (AvgIpc) is 2.76. The van der Waals surface area contributed by atoms with Gasteiger partial charge in [0.1, 0.15) is 13.2 Å². The lowest BCUT2D eigenvalue weighted by Gasteiger charge is -2.18. The number of carbonyl (C=O) groups excluding carboxylic acids is 3. The third kappa shape index (κ3) is 5.60. The van der Waals surface area contributed by atoms with Crippen molar-refractivity contribution in [3.05, 3.63) is 65.7 Å². The summed E-state index contributed by atoms with van der Waals surface area (Å²) < 4.78 is 16.3. The molecule has 30 heavy (non-hydrogen) atoms. The van der Waals surface area contributed by atoms with E-state index >= 15 is 0 Å². The van der Waals surface area contributed by atoms with Crippen molar-refractivity contribution in [3.8, 4) is 11.5 Å². The molecule has 0 spiro atoms. The molecular formula is C22H22N2O6. The van der Waals surface area contributed by atoms with Crippen molar-refractivity contribution in [2.75, 3.05) is 19.8 Å². The van der Waals surface area contributed by atoms with Crippen LogP contribution in [0.25, 0.3) is 6.08 Å². The van der Waals surface area contributed by atoms with Gasteiger partial charge in [0.25, 0.3) is 5.91 Å². The zero-order chi connectivity index (χ0) is 21.3. The Morgan fingerprint density at radius 1 is 1.07 bits per heavy atom. The molecule has 0 unspecified atom stereocenters. The van der Waals surface area contributed by atoms with Gasteiger partial charge in [-0.15, -0.1) is 0 Å². The van der Waals surface area contributed by atoms with Crippen LogP contribution in [0.15, 0.2) is 54.6 Å². The first-order chi connectivity index (χ1) is 14.6. The summed E-state index contributed by atoms with van der Waals surface area (Å²) >= 11 is 0. The number of esters is 1. The van der Waals surface area contributed by atoms with Gasteiger partial charge in [0.2, 0.25) is 6.10 Å². The maximum Gasteiger partial charge on any atom is 0.331 e. The molecule has 0 aliphatic carbocycles. The van der Waals surface area contributed by atoms with E-state index in [1.807, 2.05) is 0 Å². The summed E-state index contributed by atoms with van der Waals surface area (Å²) in [6.45, 7) is 3.03. The van der Waals surface area contributed by atoms with E-state index in [-0.39, 0.29) is 0 Å². The van der Waals surface area contributed by atoms with Crippen LogP contribution >= 0.6 is 0 Å². The number of amides is 3. The van der Waals surface area contributed by atoms with Crippen molar-refractivity contribution in [3.63, 3.8) is 0 Å². The molecule has 156 valence electrons. The van der Waals surface area contributed by atoms with Crippen LogP contribution in [0.1, 0.15) is 24.2 Å². The Morgan fingerprint density at radius 2 is 1.80 bits per heavy atom. The van der Waals surface area contributed by atoms with E-state index < -0.39 is 24.0 Å². The van der Waals surface area contributed by atoms with E-state index in [0.717, 1.165) is 0 Å². The SMILES string of the molecule is CCNC(=O)NC(=O)[C@@H](OC(=O)/C=C/c1ccc2c(c1)OCCO2)c1ccccc1. The molecule has 8 heteroatoms. The zero-order valence-electron chi connectivity index (χ0n) is 16.4. The monoisotopic (exact) mass is 410 g/mol. The van der Waals surface area contributed by atoms with E-state index in [9.17, 15) is 14.4 Å². The summed E-state index contributed by atoms with van der Waals surface area (Å²) in [7, 11) is 0. The summed E-state index contributed by atoms with van der Waals surface area (Å²) in [5.41, 5.74) is 1.15. The van der Waals surface area contributed by atoms with Crippen LogP contribution in [0.3, 0.4) is 0 Å². The number of urea groups is 1. The minimum absolute atomic E-state index is 0.354. The van der Waals surface area contributed by atoms with Crippen LogP contribution in [-0.4, -0.2) is 37.7 Å². The first-order valence-electron chi connectivity index (χ1n) is 9.49. The standard InChI is InChI=1S/C22H22N2O6/c1-2-23-22(27)24-21(26)20(16-6-4-3-5-7-16)30-19(25)11-9-15-8-10-17-18(14-15)29-13-12-28-17/h3-11,14,20H,2,12-13H2,1H3,(H2,23,24,26,27)/b11-9+/t20-/m0/s1. The third-order valence-electron chi connectivity index (χ3n) is 4.13.